The van der Waals surface area contributed by atoms with Gasteiger partial charge in [0.1, 0.15) is 5.75 Å². The fourth-order valence-corrected chi connectivity index (χ4v) is 3.54. The van der Waals surface area contributed by atoms with Crippen molar-refractivity contribution in [2.75, 3.05) is 6.79 Å². The second kappa shape index (κ2) is 5.00. The average molecular weight is 354 g/mol. The topological polar surface area (TPSA) is 80.3 Å². The molecule has 0 saturated heterocycles. The number of pyridine rings is 1. The molecule has 3 heterocycles. The lowest BCUT2D eigenvalue weighted by molar-refractivity contribution is 0.174. The summed E-state index contributed by atoms with van der Waals surface area (Å²) < 4.78 is 11.0. The number of hydrogen-bond donors (Lipinski definition) is 2. The van der Waals surface area contributed by atoms with Crippen molar-refractivity contribution in [3.8, 4) is 28.5 Å². The maximum atomic E-state index is 10.1. The zero-order valence-electron chi connectivity index (χ0n) is 13.1. The van der Waals surface area contributed by atoms with E-state index >= 15 is 0 Å². The van der Waals surface area contributed by atoms with Crippen LogP contribution >= 0.6 is 11.6 Å². The number of halogens is 1. The number of ether oxygens (including phenoxy) is 2. The number of nitrogens with zero attached hydrogens (tertiary/aromatic N) is 2. The van der Waals surface area contributed by atoms with Crippen molar-refractivity contribution in [2.45, 2.75) is 6.92 Å². The molecule has 2 aromatic heterocycles. The Hall–Kier alpha value is -2.99. The minimum absolute atomic E-state index is 0.0164. The molecule has 0 fully saturated rings. The molecule has 0 saturated carbocycles. The predicted molar refractivity (Wildman–Crippen MR) is 94.4 cm³/mol. The van der Waals surface area contributed by atoms with Crippen molar-refractivity contribution < 1.29 is 14.6 Å². The van der Waals surface area contributed by atoms with E-state index in [4.69, 9.17) is 26.1 Å². The number of nitrogens with one attached hydrogen (secondary N) is 1. The smallest absolute Gasteiger partial charge is 0.231 e. The third-order valence-electron chi connectivity index (χ3n) is 4.47. The first-order valence-corrected chi connectivity index (χ1v) is 8.06. The van der Waals surface area contributed by atoms with E-state index < -0.39 is 0 Å². The van der Waals surface area contributed by atoms with E-state index in [0.717, 1.165) is 21.7 Å². The van der Waals surface area contributed by atoms with Crippen molar-refractivity contribution in [3.63, 3.8) is 0 Å². The summed E-state index contributed by atoms with van der Waals surface area (Å²) >= 11 is 6.40. The zero-order valence-corrected chi connectivity index (χ0v) is 13.9. The van der Waals surface area contributed by atoms with Crippen LogP contribution in [0.2, 0.25) is 5.02 Å². The molecule has 0 aliphatic carbocycles. The maximum Gasteiger partial charge on any atom is 0.231 e. The summed E-state index contributed by atoms with van der Waals surface area (Å²) in [5.74, 6) is 1.36. The molecule has 2 N–H and O–H groups in total. The van der Waals surface area contributed by atoms with E-state index in [2.05, 4.69) is 10.2 Å². The molecule has 0 amide bonds. The molecule has 2 aromatic carbocycles. The highest BCUT2D eigenvalue weighted by molar-refractivity contribution is 6.35. The molecule has 124 valence electrons. The van der Waals surface area contributed by atoms with Crippen LogP contribution in [0.15, 0.2) is 30.5 Å². The van der Waals surface area contributed by atoms with Gasteiger partial charge in [-0.1, -0.05) is 17.7 Å². The van der Waals surface area contributed by atoms with Gasteiger partial charge in [0.2, 0.25) is 6.79 Å². The van der Waals surface area contributed by atoms with Crippen LogP contribution in [0.5, 0.6) is 17.2 Å². The van der Waals surface area contributed by atoms with Crippen LogP contribution in [-0.2, 0) is 0 Å². The second-order valence-electron chi connectivity index (χ2n) is 5.93. The molecule has 0 atom stereocenters. The molecule has 5 rings (SSSR count). The monoisotopic (exact) mass is 353 g/mol. The number of H-pyrrole nitrogens is 1. The Morgan fingerprint density at radius 3 is 2.68 bits per heavy atom. The van der Waals surface area contributed by atoms with Gasteiger partial charge >= 0.3 is 0 Å². The maximum absolute atomic E-state index is 10.1. The summed E-state index contributed by atoms with van der Waals surface area (Å²) in [5, 5.41) is 20.0. The summed E-state index contributed by atoms with van der Waals surface area (Å²) in [6.45, 7) is 2.12. The standard InChI is InChI=1S/C18H12ClN3O3/c1-8-2-3-12(23)16(19)15(8)17-10-5-14-13(24-7-25-14)4-9(10)11-6-20-22-18(11)21-17/h2-6,23H,7H2,1H3,(H,20,21,22). The van der Waals surface area contributed by atoms with Crippen LogP contribution in [0.3, 0.4) is 0 Å². The van der Waals surface area contributed by atoms with Crippen molar-refractivity contribution in [2.24, 2.45) is 0 Å². The molecular weight excluding hydrogens is 342 g/mol. The lowest BCUT2D eigenvalue weighted by Gasteiger charge is -2.13. The van der Waals surface area contributed by atoms with Crippen molar-refractivity contribution in [3.05, 3.63) is 41.0 Å². The normalized spacial score (nSPS) is 13.0. The van der Waals surface area contributed by atoms with Gasteiger partial charge in [-0.05, 0) is 30.7 Å². The van der Waals surface area contributed by atoms with Crippen molar-refractivity contribution in [1.82, 2.24) is 15.2 Å². The van der Waals surface area contributed by atoms with E-state index in [1.54, 1.807) is 12.3 Å². The molecule has 0 radical (unpaired) electrons. The number of rotatable bonds is 1. The summed E-state index contributed by atoms with van der Waals surface area (Å²) in [7, 11) is 0. The molecular formula is C18H12ClN3O3. The number of hydrogen-bond acceptors (Lipinski definition) is 5. The van der Waals surface area contributed by atoms with E-state index in [9.17, 15) is 5.11 Å². The van der Waals surface area contributed by atoms with Crippen molar-refractivity contribution >= 4 is 33.4 Å². The number of aromatic hydroxyl groups is 1. The number of aromatic nitrogens is 3. The fourth-order valence-electron chi connectivity index (χ4n) is 3.24. The van der Waals surface area contributed by atoms with Gasteiger partial charge in [0.15, 0.2) is 17.1 Å². The van der Waals surface area contributed by atoms with Crippen molar-refractivity contribution in [1.29, 1.82) is 0 Å². The number of fused-ring (bicyclic) bond motifs is 4. The summed E-state index contributed by atoms with van der Waals surface area (Å²) in [4.78, 5) is 4.71. The van der Waals surface area contributed by atoms with Gasteiger partial charge in [0.05, 0.1) is 16.9 Å². The van der Waals surface area contributed by atoms with Crippen LogP contribution in [0.1, 0.15) is 5.56 Å². The number of phenols is 1. The first-order chi connectivity index (χ1) is 12.1. The molecule has 25 heavy (non-hydrogen) atoms. The number of aryl methyl sites for hydroxylation is 1. The Morgan fingerprint density at radius 2 is 1.88 bits per heavy atom. The first-order valence-electron chi connectivity index (χ1n) is 7.68. The quantitative estimate of drug-likeness (QED) is 0.536. The Labute approximate surface area is 147 Å². The largest absolute Gasteiger partial charge is 0.506 e. The van der Waals surface area contributed by atoms with Gasteiger partial charge in [0.25, 0.3) is 0 Å². The molecule has 6 nitrogen and oxygen atoms in total. The zero-order chi connectivity index (χ0) is 17.1. The minimum atomic E-state index is 0.0164. The Balaban J connectivity index is 1.97. The van der Waals surface area contributed by atoms with Gasteiger partial charge < -0.3 is 14.6 Å². The van der Waals surface area contributed by atoms with Gasteiger partial charge in [-0.2, -0.15) is 5.10 Å². The Bertz CT molecular complexity index is 1170. The molecule has 0 bridgehead atoms. The fraction of sp³-hybridized carbons (Fsp3) is 0.111. The SMILES string of the molecule is Cc1ccc(O)c(Cl)c1-c1nc2[nH]ncc2c2cc3c(cc12)OCO3. The van der Waals surface area contributed by atoms with Crippen LogP contribution in [-0.4, -0.2) is 27.1 Å². The molecule has 7 heteroatoms. The Kier molecular flexibility index (Phi) is 2.87. The van der Waals surface area contributed by atoms with Crippen LogP contribution in [0.4, 0.5) is 0 Å². The molecule has 1 aliphatic rings. The minimum Gasteiger partial charge on any atom is -0.506 e. The summed E-state index contributed by atoms with van der Waals surface area (Å²) in [6, 6.07) is 7.21. The van der Waals surface area contributed by atoms with E-state index in [1.807, 2.05) is 25.1 Å². The van der Waals surface area contributed by atoms with Gasteiger partial charge in [-0.3, -0.25) is 5.10 Å². The van der Waals surface area contributed by atoms with E-state index in [1.165, 1.54) is 0 Å². The number of benzene rings is 2. The molecule has 0 unspecified atom stereocenters. The highest BCUT2D eigenvalue weighted by Gasteiger charge is 2.22. The van der Waals surface area contributed by atoms with Gasteiger partial charge in [0, 0.05) is 21.7 Å². The average Bonchev–Trinajstić information content (AvgIpc) is 3.25. The summed E-state index contributed by atoms with van der Waals surface area (Å²) in [5.41, 5.74) is 2.89. The molecule has 4 aromatic rings. The molecule has 0 spiro atoms. The second-order valence-corrected chi connectivity index (χ2v) is 6.31. The highest BCUT2D eigenvalue weighted by atomic mass is 35.5. The summed E-state index contributed by atoms with van der Waals surface area (Å²) in [6.07, 6.45) is 1.73. The van der Waals surface area contributed by atoms with Crippen LogP contribution in [0.25, 0.3) is 33.1 Å². The third kappa shape index (κ3) is 1.97. The predicted octanol–water partition coefficient (Wildman–Crippen LogP) is 4.17. The lowest BCUT2D eigenvalue weighted by Crippen LogP contribution is -1.93. The first kappa shape index (κ1) is 14.4. The lowest BCUT2D eigenvalue weighted by atomic mass is 9.98. The Morgan fingerprint density at radius 1 is 1.12 bits per heavy atom. The van der Waals surface area contributed by atoms with Crippen LogP contribution in [0, 0.1) is 6.92 Å². The highest BCUT2D eigenvalue weighted by Crippen LogP contribution is 2.44. The van der Waals surface area contributed by atoms with Crippen LogP contribution < -0.4 is 9.47 Å². The third-order valence-corrected chi connectivity index (χ3v) is 4.85. The van der Waals surface area contributed by atoms with E-state index in [-0.39, 0.29) is 17.6 Å². The number of aromatic amines is 1. The van der Waals surface area contributed by atoms with E-state index in [0.29, 0.717) is 28.4 Å². The van der Waals surface area contributed by atoms with Gasteiger partial charge in [-0.15, -0.1) is 0 Å². The number of phenolic OH excluding ortho intramolecular Hbond substituents is 1. The van der Waals surface area contributed by atoms with Gasteiger partial charge in [-0.25, -0.2) is 4.98 Å². The molecule has 1 aliphatic heterocycles.